The highest BCUT2D eigenvalue weighted by Gasteiger charge is 2.00. The fourth-order valence-corrected chi connectivity index (χ4v) is 0.381. The van der Waals surface area contributed by atoms with Crippen molar-refractivity contribution in [2.24, 2.45) is 9.98 Å². The van der Waals surface area contributed by atoms with Gasteiger partial charge in [-0.1, -0.05) is 0 Å². The zero-order valence-corrected chi connectivity index (χ0v) is 5.61. The first-order valence-corrected chi connectivity index (χ1v) is 2.53. The van der Waals surface area contributed by atoms with Crippen LogP contribution in [0.1, 0.15) is 0 Å². The van der Waals surface area contributed by atoms with E-state index in [1.807, 2.05) is 0 Å². The topological polar surface area (TPSA) is 62.0 Å². The summed E-state index contributed by atoms with van der Waals surface area (Å²) in [4.78, 5) is 17.0. The van der Waals surface area contributed by atoms with Crippen LogP contribution in [0.5, 0.6) is 0 Å². The summed E-state index contributed by atoms with van der Waals surface area (Å²) in [6, 6.07) is 0. The van der Waals surface area contributed by atoms with Gasteiger partial charge < -0.3 is 5.11 Å². The largest absolute Gasteiger partial charge is 0.478 e. The van der Waals surface area contributed by atoms with Crippen molar-refractivity contribution in [1.29, 1.82) is 0 Å². The van der Waals surface area contributed by atoms with E-state index in [2.05, 4.69) is 16.7 Å². The van der Waals surface area contributed by atoms with Gasteiger partial charge in [0.2, 0.25) is 0 Å². The maximum atomic E-state index is 10.2. The molecule has 54 valence electrons. The molecule has 0 aromatic rings. The van der Waals surface area contributed by atoms with Gasteiger partial charge in [-0.25, -0.2) is 4.79 Å². The number of carbonyl (C=O) groups is 1. The van der Waals surface area contributed by atoms with Crippen molar-refractivity contribution >= 4 is 18.9 Å². The molecule has 4 nitrogen and oxygen atoms in total. The second-order valence-corrected chi connectivity index (χ2v) is 1.46. The van der Waals surface area contributed by atoms with Crippen LogP contribution in [0.25, 0.3) is 0 Å². The molecule has 10 heavy (non-hydrogen) atoms. The van der Waals surface area contributed by atoms with Crippen LogP contribution >= 0.6 is 0 Å². The molecule has 0 heterocycles. The molecule has 0 spiro atoms. The fraction of sp³-hybridized carbons (Fsp3) is 0.167. The van der Waals surface area contributed by atoms with E-state index >= 15 is 0 Å². The standard InChI is InChI=1S/C6H8N2O2/c1-7-3-5(4-8-2)6(9)10/h3-4H,1H2,2H3,(H,9,10)/b5-3+,8-4-. The molecule has 0 saturated heterocycles. The van der Waals surface area contributed by atoms with Gasteiger partial charge in [-0.15, -0.1) is 0 Å². The summed E-state index contributed by atoms with van der Waals surface area (Å²) in [6.45, 7) is 3.11. The fourth-order valence-electron chi connectivity index (χ4n) is 0.381. The van der Waals surface area contributed by atoms with Crippen LogP contribution in [0.15, 0.2) is 21.8 Å². The average molecular weight is 140 g/mol. The van der Waals surface area contributed by atoms with Gasteiger partial charge in [0.1, 0.15) is 0 Å². The van der Waals surface area contributed by atoms with Crippen LogP contribution < -0.4 is 0 Å². The Labute approximate surface area is 58.6 Å². The second-order valence-electron chi connectivity index (χ2n) is 1.46. The van der Waals surface area contributed by atoms with E-state index in [9.17, 15) is 4.79 Å². The minimum Gasteiger partial charge on any atom is -0.478 e. The molecule has 0 bridgehead atoms. The molecule has 0 saturated carbocycles. The van der Waals surface area contributed by atoms with Crippen molar-refractivity contribution in [3.63, 3.8) is 0 Å². The van der Waals surface area contributed by atoms with E-state index in [0.717, 1.165) is 6.20 Å². The van der Waals surface area contributed by atoms with E-state index in [1.54, 1.807) is 0 Å². The highest BCUT2D eigenvalue weighted by Crippen LogP contribution is 1.89. The lowest BCUT2D eigenvalue weighted by Crippen LogP contribution is -2.00. The van der Waals surface area contributed by atoms with Crippen molar-refractivity contribution in [2.45, 2.75) is 0 Å². The van der Waals surface area contributed by atoms with Gasteiger partial charge >= 0.3 is 5.97 Å². The minimum atomic E-state index is -1.06. The quantitative estimate of drug-likeness (QED) is 0.454. The Bertz CT molecular complexity index is 194. The lowest BCUT2D eigenvalue weighted by Gasteiger charge is -1.87. The minimum absolute atomic E-state index is 0.0255. The highest BCUT2D eigenvalue weighted by molar-refractivity contribution is 6.08. The summed E-state index contributed by atoms with van der Waals surface area (Å²) >= 11 is 0. The van der Waals surface area contributed by atoms with E-state index in [0.29, 0.717) is 0 Å². The molecule has 0 rings (SSSR count). The number of aliphatic imine (C=N–C) groups is 2. The molecule has 4 heteroatoms. The van der Waals surface area contributed by atoms with Crippen LogP contribution in [0, 0.1) is 0 Å². The van der Waals surface area contributed by atoms with Gasteiger partial charge in [-0.05, 0) is 6.72 Å². The average Bonchev–Trinajstić information content (AvgIpc) is 1.87. The summed E-state index contributed by atoms with van der Waals surface area (Å²) in [5.74, 6) is -1.06. The maximum absolute atomic E-state index is 10.2. The monoisotopic (exact) mass is 140 g/mol. The zero-order chi connectivity index (χ0) is 7.98. The third kappa shape index (κ3) is 2.76. The van der Waals surface area contributed by atoms with Gasteiger partial charge in [-0.2, -0.15) is 0 Å². The van der Waals surface area contributed by atoms with E-state index in [1.165, 1.54) is 13.3 Å². The number of carboxylic acids is 1. The molecule has 0 aliphatic carbocycles. The van der Waals surface area contributed by atoms with Gasteiger partial charge in [0.05, 0.1) is 5.57 Å². The zero-order valence-electron chi connectivity index (χ0n) is 5.61. The smallest absolute Gasteiger partial charge is 0.338 e. The van der Waals surface area contributed by atoms with Crippen LogP contribution in [0.2, 0.25) is 0 Å². The Morgan fingerprint density at radius 3 is 2.60 bits per heavy atom. The maximum Gasteiger partial charge on any atom is 0.338 e. The Morgan fingerprint density at radius 2 is 2.30 bits per heavy atom. The predicted molar refractivity (Wildman–Crippen MR) is 39.7 cm³/mol. The number of rotatable bonds is 3. The Hall–Kier alpha value is -1.45. The van der Waals surface area contributed by atoms with Crippen LogP contribution in [-0.2, 0) is 4.79 Å². The van der Waals surface area contributed by atoms with Crippen molar-refractivity contribution in [3.8, 4) is 0 Å². The van der Waals surface area contributed by atoms with Crippen LogP contribution in [0.4, 0.5) is 0 Å². The molecule has 0 aromatic heterocycles. The molecule has 0 amide bonds. The third-order valence-electron chi connectivity index (χ3n) is 0.746. The number of hydrogen-bond acceptors (Lipinski definition) is 3. The highest BCUT2D eigenvalue weighted by atomic mass is 16.4. The second kappa shape index (κ2) is 4.43. The van der Waals surface area contributed by atoms with Gasteiger partial charge in [-0.3, -0.25) is 9.98 Å². The summed E-state index contributed by atoms with van der Waals surface area (Å²) in [5, 5.41) is 8.39. The van der Waals surface area contributed by atoms with Gasteiger partial charge in [0.25, 0.3) is 0 Å². The summed E-state index contributed by atoms with van der Waals surface area (Å²) in [7, 11) is 1.49. The summed E-state index contributed by atoms with van der Waals surface area (Å²) in [5.41, 5.74) is 0.0255. The van der Waals surface area contributed by atoms with Gasteiger partial charge in [0, 0.05) is 19.5 Å². The lowest BCUT2D eigenvalue weighted by atomic mass is 10.3. The SMILES string of the molecule is C=N/C=C(\C=N/C)C(=O)O. The summed E-state index contributed by atoms with van der Waals surface area (Å²) in [6.07, 6.45) is 2.34. The van der Waals surface area contributed by atoms with Crippen LogP contribution in [-0.4, -0.2) is 31.1 Å². The first-order chi connectivity index (χ1) is 4.72. The molecule has 0 aliphatic rings. The van der Waals surface area contributed by atoms with Gasteiger partial charge in [0.15, 0.2) is 0 Å². The number of hydrogen-bond donors (Lipinski definition) is 1. The molecular formula is C6H8N2O2. The third-order valence-corrected chi connectivity index (χ3v) is 0.746. The molecule has 0 aromatic carbocycles. The number of aliphatic carboxylic acids is 1. The predicted octanol–water partition coefficient (Wildman–Crippen LogP) is 0.356. The Kier molecular flexibility index (Phi) is 3.79. The van der Waals surface area contributed by atoms with E-state index in [4.69, 9.17) is 5.11 Å². The van der Waals surface area contributed by atoms with Crippen molar-refractivity contribution in [2.75, 3.05) is 7.05 Å². The van der Waals surface area contributed by atoms with Crippen molar-refractivity contribution in [1.82, 2.24) is 0 Å². The van der Waals surface area contributed by atoms with Crippen LogP contribution in [0.3, 0.4) is 0 Å². The van der Waals surface area contributed by atoms with Crippen molar-refractivity contribution in [3.05, 3.63) is 11.8 Å². The number of carboxylic acid groups (broad SMARTS) is 1. The van der Waals surface area contributed by atoms with E-state index < -0.39 is 5.97 Å². The molecular weight excluding hydrogens is 132 g/mol. The molecule has 0 fully saturated rings. The summed E-state index contributed by atoms with van der Waals surface area (Å²) < 4.78 is 0. The Morgan fingerprint density at radius 1 is 1.70 bits per heavy atom. The molecule has 0 radical (unpaired) electrons. The Balaban J connectivity index is 4.41. The first-order valence-electron chi connectivity index (χ1n) is 2.53. The normalized spacial score (nSPS) is 11.9. The number of nitrogens with zero attached hydrogens (tertiary/aromatic N) is 2. The lowest BCUT2D eigenvalue weighted by molar-refractivity contribution is -0.132. The van der Waals surface area contributed by atoms with Crippen molar-refractivity contribution < 1.29 is 9.90 Å². The molecule has 0 aliphatic heterocycles. The molecule has 1 N–H and O–H groups in total. The molecule has 0 atom stereocenters. The first kappa shape index (κ1) is 8.55. The molecule has 0 unspecified atom stereocenters. The van der Waals surface area contributed by atoms with E-state index in [-0.39, 0.29) is 5.57 Å².